The summed E-state index contributed by atoms with van der Waals surface area (Å²) in [6.07, 6.45) is 8.17. The molecule has 2 rings (SSSR count). The highest BCUT2D eigenvalue weighted by Crippen LogP contribution is 2.28. The zero-order chi connectivity index (χ0) is 10.7. The number of rotatable bonds is 3. The topological polar surface area (TPSA) is 34.9 Å². The molecule has 0 spiro atoms. The molecule has 3 heteroatoms. The molecular formula is C12H18N2O. The summed E-state index contributed by atoms with van der Waals surface area (Å²) < 4.78 is 2.09. The zero-order valence-corrected chi connectivity index (χ0v) is 9.28. The van der Waals surface area contributed by atoms with Crippen molar-refractivity contribution in [2.45, 2.75) is 51.5 Å². The summed E-state index contributed by atoms with van der Waals surface area (Å²) in [5.74, 6) is 0. The predicted octanol–water partition coefficient (Wildman–Crippen LogP) is 2.76. The number of aromatic nitrogens is 2. The predicted molar refractivity (Wildman–Crippen MR) is 59.1 cm³/mol. The van der Waals surface area contributed by atoms with Gasteiger partial charge in [-0.05, 0) is 25.3 Å². The van der Waals surface area contributed by atoms with Gasteiger partial charge in [0.15, 0.2) is 6.29 Å². The van der Waals surface area contributed by atoms with Crippen LogP contribution in [0.15, 0.2) is 6.07 Å². The Labute approximate surface area is 90.5 Å². The quantitative estimate of drug-likeness (QED) is 0.713. The summed E-state index contributed by atoms with van der Waals surface area (Å²) in [6, 6.07) is 2.45. The molecule has 82 valence electrons. The van der Waals surface area contributed by atoms with Crippen molar-refractivity contribution in [3.8, 4) is 0 Å². The minimum absolute atomic E-state index is 0.530. The molecule has 1 aliphatic carbocycles. The van der Waals surface area contributed by atoms with E-state index in [9.17, 15) is 4.79 Å². The van der Waals surface area contributed by atoms with Crippen molar-refractivity contribution in [3.05, 3.63) is 17.5 Å². The van der Waals surface area contributed by atoms with Gasteiger partial charge >= 0.3 is 0 Å². The number of nitrogens with zero attached hydrogens (tertiary/aromatic N) is 2. The van der Waals surface area contributed by atoms with Crippen molar-refractivity contribution in [1.82, 2.24) is 9.78 Å². The molecule has 0 atom stereocenters. The lowest BCUT2D eigenvalue weighted by atomic mass is 9.95. The molecule has 0 saturated heterocycles. The Hall–Kier alpha value is -1.12. The lowest BCUT2D eigenvalue weighted by molar-refractivity contribution is 0.111. The van der Waals surface area contributed by atoms with Gasteiger partial charge in [-0.25, -0.2) is 0 Å². The average Bonchev–Trinajstić information content (AvgIpc) is 2.73. The molecule has 1 aromatic heterocycles. The molecule has 0 amide bonds. The Morgan fingerprint density at radius 1 is 1.47 bits per heavy atom. The first-order chi connectivity index (χ1) is 7.35. The Morgan fingerprint density at radius 3 is 2.80 bits per heavy atom. The first kappa shape index (κ1) is 10.4. The highest BCUT2D eigenvalue weighted by Gasteiger charge is 2.18. The molecule has 15 heavy (non-hydrogen) atoms. The molecule has 1 aromatic rings. The smallest absolute Gasteiger partial charge is 0.170 e. The van der Waals surface area contributed by atoms with Crippen molar-refractivity contribution < 1.29 is 4.79 Å². The van der Waals surface area contributed by atoms with E-state index in [0.717, 1.165) is 12.7 Å². The van der Waals surface area contributed by atoms with Gasteiger partial charge in [0.25, 0.3) is 0 Å². The first-order valence-electron chi connectivity index (χ1n) is 5.88. The third-order valence-electron chi connectivity index (χ3n) is 3.24. The number of aryl methyl sites for hydroxylation is 1. The van der Waals surface area contributed by atoms with E-state index >= 15 is 0 Å². The summed E-state index contributed by atoms with van der Waals surface area (Å²) in [4.78, 5) is 10.7. The molecule has 1 aliphatic rings. The van der Waals surface area contributed by atoms with E-state index in [1.54, 1.807) is 0 Å². The molecule has 3 nitrogen and oxygen atoms in total. The number of hydrogen-bond acceptors (Lipinski definition) is 2. The van der Waals surface area contributed by atoms with Crippen LogP contribution in [-0.4, -0.2) is 16.1 Å². The van der Waals surface area contributed by atoms with Crippen LogP contribution in [0.4, 0.5) is 0 Å². The Morgan fingerprint density at radius 2 is 2.20 bits per heavy atom. The number of hydrogen-bond donors (Lipinski definition) is 0. The van der Waals surface area contributed by atoms with Crippen LogP contribution in [0.1, 0.15) is 61.3 Å². The van der Waals surface area contributed by atoms with E-state index in [1.807, 2.05) is 6.07 Å². The SMILES string of the molecule is CCc1cc(C=O)nn1C1CCCCC1. The number of carbonyl (C=O) groups excluding carboxylic acids is 1. The third-order valence-corrected chi connectivity index (χ3v) is 3.24. The van der Waals surface area contributed by atoms with Gasteiger partial charge in [0, 0.05) is 5.69 Å². The van der Waals surface area contributed by atoms with Crippen LogP contribution in [0.2, 0.25) is 0 Å². The van der Waals surface area contributed by atoms with Crippen LogP contribution < -0.4 is 0 Å². The van der Waals surface area contributed by atoms with Crippen molar-refractivity contribution in [2.75, 3.05) is 0 Å². The molecule has 1 heterocycles. The summed E-state index contributed by atoms with van der Waals surface area (Å²) in [5, 5.41) is 4.37. The van der Waals surface area contributed by atoms with Gasteiger partial charge in [-0.1, -0.05) is 26.2 Å². The summed E-state index contributed by atoms with van der Waals surface area (Å²) >= 11 is 0. The second kappa shape index (κ2) is 4.60. The van der Waals surface area contributed by atoms with Crippen molar-refractivity contribution >= 4 is 6.29 Å². The minimum atomic E-state index is 0.530. The van der Waals surface area contributed by atoms with E-state index in [0.29, 0.717) is 11.7 Å². The second-order valence-electron chi connectivity index (χ2n) is 4.27. The largest absolute Gasteiger partial charge is 0.296 e. The molecule has 1 fully saturated rings. The molecule has 0 unspecified atom stereocenters. The van der Waals surface area contributed by atoms with Gasteiger partial charge in [0.2, 0.25) is 0 Å². The molecule has 0 aromatic carbocycles. The van der Waals surface area contributed by atoms with Gasteiger partial charge in [-0.2, -0.15) is 5.10 Å². The fourth-order valence-electron chi connectivity index (χ4n) is 2.42. The minimum Gasteiger partial charge on any atom is -0.296 e. The molecule has 0 aliphatic heterocycles. The van der Waals surface area contributed by atoms with Crippen molar-refractivity contribution in [1.29, 1.82) is 0 Å². The highest BCUT2D eigenvalue weighted by atomic mass is 16.1. The Balaban J connectivity index is 2.24. The summed E-state index contributed by atoms with van der Waals surface area (Å²) in [7, 11) is 0. The lowest BCUT2D eigenvalue weighted by Gasteiger charge is -2.23. The summed E-state index contributed by atoms with van der Waals surface area (Å²) in [6.45, 7) is 2.12. The van der Waals surface area contributed by atoms with Crippen LogP contribution in [0.3, 0.4) is 0 Å². The maximum Gasteiger partial charge on any atom is 0.170 e. The van der Waals surface area contributed by atoms with Crippen molar-refractivity contribution in [3.63, 3.8) is 0 Å². The van der Waals surface area contributed by atoms with Gasteiger partial charge in [-0.3, -0.25) is 9.48 Å². The molecule has 1 saturated carbocycles. The van der Waals surface area contributed by atoms with E-state index < -0.39 is 0 Å². The van der Waals surface area contributed by atoms with Crippen molar-refractivity contribution in [2.24, 2.45) is 0 Å². The van der Waals surface area contributed by atoms with Gasteiger partial charge in [0.05, 0.1) is 6.04 Å². The van der Waals surface area contributed by atoms with E-state index in [2.05, 4.69) is 16.7 Å². The van der Waals surface area contributed by atoms with E-state index in [4.69, 9.17) is 0 Å². The lowest BCUT2D eigenvalue weighted by Crippen LogP contribution is -2.16. The van der Waals surface area contributed by atoms with E-state index in [1.165, 1.54) is 37.8 Å². The molecular weight excluding hydrogens is 188 g/mol. The fourth-order valence-corrected chi connectivity index (χ4v) is 2.42. The van der Waals surface area contributed by atoms with Crippen LogP contribution in [0, 0.1) is 0 Å². The highest BCUT2D eigenvalue weighted by molar-refractivity contribution is 5.71. The molecule has 0 bridgehead atoms. The maximum absolute atomic E-state index is 10.7. The Kier molecular flexibility index (Phi) is 3.19. The normalized spacial score (nSPS) is 17.9. The van der Waals surface area contributed by atoms with Crippen LogP contribution in [0.25, 0.3) is 0 Å². The maximum atomic E-state index is 10.7. The summed E-state index contributed by atoms with van der Waals surface area (Å²) in [5.41, 5.74) is 1.78. The first-order valence-corrected chi connectivity index (χ1v) is 5.88. The molecule has 0 radical (unpaired) electrons. The second-order valence-corrected chi connectivity index (χ2v) is 4.27. The van der Waals surface area contributed by atoms with E-state index in [-0.39, 0.29) is 0 Å². The van der Waals surface area contributed by atoms with Gasteiger partial charge < -0.3 is 0 Å². The monoisotopic (exact) mass is 206 g/mol. The van der Waals surface area contributed by atoms with Crippen LogP contribution >= 0.6 is 0 Å². The third kappa shape index (κ3) is 2.11. The standard InChI is InChI=1S/C12H18N2O/c1-2-11-8-10(9-15)13-14(11)12-6-4-3-5-7-12/h8-9,12H,2-7H2,1H3. The number of aldehydes is 1. The fraction of sp³-hybridized carbons (Fsp3) is 0.667. The Bertz CT molecular complexity index is 337. The van der Waals surface area contributed by atoms with Crippen LogP contribution in [-0.2, 0) is 6.42 Å². The zero-order valence-electron chi connectivity index (χ0n) is 9.28. The average molecular weight is 206 g/mol. The number of carbonyl (C=O) groups is 1. The van der Waals surface area contributed by atoms with Gasteiger partial charge in [0.1, 0.15) is 5.69 Å². The molecule has 0 N–H and O–H groups in total. The van der Waals surface area contributed by atoms with Crippen LogP contribution in [0.5, 0.6) is 0 Å². The van der Waals surface area contributed by atoms with Gasteiger partial charge in [-0.15, -0.1) is 0 Å².